The van der Waals surface area contributed by atoms with Crippen LogP contribution in [0.2, 0.25) is 0 Å². The number of rotatable bonds is 7. The number of hydrogen-bond donors (Lipinski definition) is 0. The average molecular weight is 564 g/mol. The number of thiazole rings is 1. The average Bonchev–Trinajstić information content (AvgIpc) is 3.49. The van der Waals surface area contributed by atoms with Gasteiger partial charge >= 0.3 is 5.97 Å². The molecular weight excluding hydrogens is 534 g/mol. The lowest BCUT2D eigenvalue weighted by Crippen LogP contribution is -2.40. The summed E-state index contributed by atoms with van der Waals surface area (Å²) in [4.78, 5) is 32.5. The predicted octanol–water partition coefficient (Wildman–Crippen LogP) is 4.81. The number of ether oxygens (including phenoxy) is 2. The molecule has 3 aromatic carbocycles. The summed E-state index contributed by atoms with van der Waals surface area (Å²) in [5.41, 5.74) is 4.63. The lowest BCUT2D eigenvalue weighted by molar-refractivity contribution is -0.139. The van der Waals surface area contributed by atoms with E-state index in [1.54, 1.807) is 25.5 Å². The zero-order valence-corrected chi connectivity index (χ0v) is 23.9. The monoisotopic (exact) mass is 563 g/mol. The third kappa shape index (κ3) is 4.91. The smallest absolute Gasteiger partial charge is 0.338 e. The van der Waals surface area contributed by atoms with E-state index in [1.807, 2.05) is 60.7 Å². The van der Waals surface area contributed by atoms with Crippen LogP contribution in [0.4, 0.5) is 0 Å². The van der Waals surface area contributed by atoms with Crippen LogP contribution in [-0.4, -0.2) is 28.8 Å². The van der Waals surface area contributed by atoms with Gasteiger partial charge in [-0.05, 0) is 55.3 Å². The molecule has 6 rings (SSSR count). The van der Waals surface area contributed by atoms with E-state index in [1.165, 1.54) is 16.9 Å². The molecule has 5 aromatic rings. The summed E-state index contributed by atoms with van der Waals surface area (Å²) in [6, 6.07) is 27.3. The number of methoxy groups -OCH3 is 1. The van der Waals surface area contributed by atoms with Crippen molar-refractivity contribution < 1.29 is 14.3 Å². The molecule has 0 N–H and O–H groups in total. The number of hydrogen-bond acceptors (Lipinski definition) is 6. The summed E-state index contributed by atoms with van der Waals surface area (Å²) in [5, 5.41) is 1.10. The summed E-state index contributed by atoms with van der Waals surface area (Å²) in [6.45, 7) is 4.44. The molecule has 41 heavy (non-hydrogen) atoms. The summed E-state index contributed by atoms with van der Waals surface area (Å²) in [6.07, 6.45) is 1.93. The standard InChI is InChI=1S/C33H29N3O4S/c1-4-40-32(38)29-21(2)34-33-36(30(29)23-14-16-26(39-3)17-15-23)31(37)28(41-33)19-25-18-24-12-8-9-13-27(24)35(25)20-22-10-6-5-7-11-22/h5-19,30H,4,20H2,1-3H3. The molecule has 0 spiro atoms. The fraction of sp³-hybridized carbons (Fsp3) is 0.182. The predicted molar refractivity (Wildman–Crippen MR) is 161 cm³/mol. The third-order valence-corrected chi connectivity index (χ3v) is 8.24. The van der Waals surface area contributed by atoms with Gasteiger partial charge in [0.05, 0.1) is 35.6 Å². The van der Waals surface area contributed by atoms with Crippen LogP contribution in [0.25, 0.3) is 17.0 Å². The van der Waals surface area contributed by atoms with Gasteiger partial charge in [0.2, 0.25) is 0 Å². The Morgan fingerprint density at radius 2 is 1.76 bits per heavy atom. The van der Waals surface area contributed by atoms with E-state index in [0.29, 0.717) is 32.9 Å². The molecule has 1 aliphatic rings. The van der Waals surface area contributed by atoms with Crippen molar-refractivity contribution in [1.82, 2.24) is 9.13 Å². The molecule has 0 amide bonds. The van der Waals surface area contributed by atoms with E-state index in [4.69, 9.17) is 14.5 Å². The van der Waals surface area contributed by atoms with E-state index < -0.39 is 12.0 Å². The molecule has 206 valence electrons. The van der Waals surface area contributed by atoms with Gasteiger partial charge in [-0.3, -0.25) is 9.36 Å². The van der Waals surface area contributed by atoms with Crippen molar-refractivity contribution in [3.05, 3.63) is 133 Å². The van der Waals surface area contributed by atoms with Crippen LogP contribution in [0.1, 0.15) is 36.7 Å². The molecule has 0 saturated heterocycles. The van der Waals surface area contributed by atoms with Gasteiger partial charge in [0.1, 0.15) is 5.75 Å². The van der Waals surface area contributed by atoms with Crippen LogP contribution in [0.5, 0.6) is 5.75 Å². The molecule has 0 aliphatic carbocycles. The topological polar surface area (TPSA) is 74.8 Å². The number of allylic oxidation sites excluding steroid dienone is 1. The second-order valence-corrected chi connectivity index (χ2v) is 10.8. The maximum Gasteiger partial charge on any atom is 0.338 e. The quantitative estimate of drug-likeness (QED) is 0.267. The molecule has 1 unspecified atom stereocenters. The van der Waals surface area contributed by atoms with E-state index in [2.05, 4.69) is 34.9 Å². The highest BCUT2D eigenvalue weighted by molar-refractivity contribution is 7.07. The van der Waals surface area contributed by atoms with E-state index in [0.717, 1.165) is 22.2 Å². The number of carbonyl (C=O) groups is 1. The van der Waals surface area contributed by atoms with Crippen molar-refractivity contribution in [2.45, 2.75) is 26.4 Å². The molecule has 8 heteroatoms. The van der Waals surface area contributed by atoms with Gasteiger partial charge in [-0.1, -0.05) is 72.0 Å². The van der Waals surface area contributed by atoms with Crippen molar-refractivity contribution in [3.8, 4) is 5.75 Å². The minimum absolute atomic E-state index is 0.208. The summed E-state index contributed by atoms with van der Waals surface area (Å²) >= 11 is 1.32. The van der Waals surface area contributed by atoms with Crippen LogP contribution in [0.3, 0.4) is 0 Å². The summed E-state index contributed by atoms with van der Waals surface area (Å²) < 4.78 is 15.1. The lowest BCUT2D eigenvalue weighted by atomic mass is 9.96. The Labute approximate surface area is 240 Å². The summed E-state index contributed by atoms with van der Waals surface area (Å²) in [5.74, 6) is 0.206. The highest BCUT2D eigenvalue weighted by Gasteiger charge is 2.33. The highest BCUT2D eigenvalue weighted by Crippen LogP contribution is 2.31. The zero-order valence-electron chi connectivity index (χ0n) is 23.0. The molecule has 0 saturated carbocycles. The number of esters is 1. The Kier molecular flexibility index (Phi) is 7.15. The molecule has 1 atom stereocenters. The fourth-order valence-corrected chi connectivity index (χ4v) is 6.35. The van der Waals surface area contributed by atoms with Crippen LogP contribution in [-0.2, 0) is 16.1 Å². The normalized spacial score (nSPS) is 15.1. The van der Waals surface area contributed by atoms with Crippen LogP contribution in [0, 0.1) is 0 Å². The Morgan fingerprint density at radius 1 is 1.02 bits per heavy atom. The molecule has 0 fully saturated rings. The number of fused-ring (bicyclic) bond motifs is 2. The highest BCUT2D eigenvalue weighted by atomic mass is 32.1. The van der Waals surface area contributed by atoms with Gasteiger partial charge in [-0.2, -0.15) is 0 Å². The minimum atomic E-state index is -0.673. The van der Waals surface area contributed by atoms with Crippen LogP contribution >= 0.6 is 11.3 Å². The first kappa shape index (κ1) is 26.5. The fourth-order valence-electron chi connectivity index (χ4n) is 5.32. The number of aromatic nitrogens is 2. The second-order valence-electron chi connectivity index (χ2n) is 9.78. The Morgan fingerprint density at radius 3 is 2.49 bits per heavy atom. The van der Waals surface area contributed by atoms with E-state index in [9.17, 15) is 9.59 Å². The first-order valence-corrected chi connectivity index (χ1v) is 14.3. The SMILES string of the molecule is CCOC(=O)C1=C(C)N=c2sc(=Cc3cc4ccccc4n3Cc3ccccc3)c(=O)n2C1c1ccc(OC)cc1. The third-order valence-electron chi connectivity index (χ3n) is 7.25. The Bertz CT molecular complexity index is 1960. The number of carbonyl (C=O) groups excluding carboxylic acids is 1. The van der Waals surface area contributed by atoms with E-state index in [-0.39, 0.29) is 12.2 Å². The molecular formula is C33H29N3O4S. The first-order valence-electron chi connectivity index (χ1n) is 13.4. The first-order chi connectivity index (χ1) is 20.0. The molecule has 0 radical (unpaired) electrons. The van der Waals surface area contributed by atoms with Crippen molar-refractivity contribution in [1.29, 1.82) is 0 Å². The van der Waals surface area contributed by atoms with Crippen molar-refractivity contribution in [2.24, 2.45) is 4.99 Å². The van der Waals surface area contributed by atoms with Gasteiger partial charge in [-0.25, -0.2) is 9.79 Å². The molecule has 7 nitrogen and oxygen atoms in total. The lowest BCUT2D eigenvalue weighted by Gasteiger charge is -2.24. The van der Waals surface area contributed by atoms with E-state index >= 15 is 0 Å². The van der Waals surface area contributed by atoms with Crippen LogP contribution in [0.15, 0.2) is 106 Å². The van der Waals surface area contributed by atoms with Gasteiger partial charge in [-0.15, -0.1) is 0 Å². The Balaban J connectivity index is 1.54. The molecule has 3 heterocycles. The van der Waals surface area contributed by atoms with Gasteiger partial charge in [0.15, 0.2) is 4.80 Å². The minimum Gasteiger partial charge on any atom is -0.497 e. The maximum atomic E-state index is 14.1. The summed E-state index contributed by atoms with van der Waals surface area (Å²) in [7, 11) is 1.60. The number of nitrogens with zero attached hydrogens (tertiary/aromatic N) is 3. The number of benzene rings is 3. The largest absolute Gasteiger partial charge is 0.497 e. The van der Waals surface area contributed by atoms with Crippen molar-refractivity contribution >= 4 is 34.3 Å². The second kappa shape index (κ2) is 11.1. The Hall–Kier alpha value is -4.69. The maximum absolute atomic E-state index is 14.1. The van der Waals surface area contributed by atoms with Crippen molar-refractivity contribution in [2.75, 3.05) is 13.7 Å². The zero-order chi connectivity index (χ0) is 28.5. The van der Waals surface area contributed by atoms with Crippen LogP contribution < -0.4 is 19.6 Å². The van der Waals surface area contributed by atoms with Gasteiger partial charge in [0, 0.05) is 23.1 Å². The molecule has 0 bridgehead atoms. The molecule has 2 aromatic heterocycles. The molecule has 1 aliphatic heterocycles. The van der Waals surface area contributed by atoms with Crippen molar-refractivity contribution in [3.63, 3.8) is 0 Å². The number of para-hydroxylation sites is 1. The van der Waals surface area contributed by atoms with Gasteiger partial charge in [0.25, 0.3) is 5.56 Å². The van der Waals surface area contributed by atoms with Gasteiger partial charge < -0.3 is 14.0 Å².